The van der Waals surface area contributed by atoms with E-state index in [1.54, 1.807) is 0 Å². The van der Waals surface area contributed by atoms with Gasteiger partial charge in [0.1, 0.15) is 0 Å². The summed E-state index contributed by atoms with van der Waals surface area (Å²) in [6, 6.07) is 0. The van der Waals surface area contributed by atoms with Crippen molar-refractivity contribution in [1.82, 2.24) is 10.6 Å². The van der Waals surface area contributed by atoms with Crippen molar-refractivity contribution in [2.24, 2.45) is 16.7 Å². The lowest BCUT2D eigenvalue weighted by molar-refractivity contribution is -0.190. The molecule has 0 aromatic heterocycles. The van der Waals surface area contributed by atoms with Crippen molar-refractivity contribution in [1.29, 1.82) is 0 Å². The van der Waals surface area contributed by atoms with E-state index in [2.05, 4.69) is 10.6 Å². The number of halogens is 3. The van der Waals surface area contributed by atoms with Crippen LogP contribution in [0.15, 0.2) is 0 Å². The zero-order valence-electron chi connectivity index (χ0n) is 10.8. The van der Waals surface area contributed by atoms with Gasteiger partial charge in [0.05, 0.1) is 5.41 Å². The van der Waals surface area contributed by atoms with Crippen molar-refractivity contribution in [2.75, 3.05) is 19.6 Å². The second kappa shape index (κ2) is 4.11. The van der Waals surface area contributed by atoms with E-state index in [1.165, 1.54) is 0 Å². The summed E-state index contributed by atoms with van der Waals surface area (Å²) in [5.41, 5.74) is -2.39. The molecule has 6 heteroatoms. The summed E-state index contributed by atoms with van der Waals surface area (Å²) in [6.07, 6.45) is -0.159. The van der Waals surface area contributed by atoms with Gasteiger partial charge in [-0.3, -0.25) is 4.79 Å². The predicted octanol–water partition coefficient (Wildman–Crippen LogP) is 1.83. The molecule has 19 heavy (non-hydrogen) atoms. The molecule has 2 atom stereocenters. The number of hydrogen-bond acceptors (Lipinski definition) is 2. The smallest absolute Gasteiger partial charge is 0.355 e. The van der Waals surface area contributed by atoms with Crippen LogP contribution in [0.4, 0.5) is 13.2 Å². The van der Waals surface area contributed by atoms with E-state index in [0.29, 0.717) is 6.54 Å². The molecule has 3 rings (SSSR count). The number of hydrogen-bond donors (Lipinski definition) is 2. The maximum atomic E-state index is 13.1. The van der Waals surface area contributed by atoms with Crippen molar-refractivity contribution >= 4 is 5.91 Å². The molecule has 1 saturated heterocycles. The van der Waals surface area contributed by atoms with Crippen LogP contribution in [0.5, 0.6) is 0 Å². The van der Waals surface area contributed by atoms with Gasteiger partial charge in [0.15, 0.2) is 0 Å². The summed E-state index contributed by atoms with van der Waals surface area (Å²) < 4.78 is 39.3. The van der Waals surface area contributed by atoms with Gasteiger partial charge < -0.3 is 10.6 Å². The minimum Gasteiger partial charge on any atom is -0.355 e. The summed E-state index contributed by atoms with van der Waals surface area (Å²) in [6.45, 7) is 0.516. The second-order valence-electron chi connectivity index (χ2n) is 6.34. The van der Waals surface area contributed by atoms with Crippen LogP contribution in [0, 0.1) is 16.7 Å². The van der Waals surface area contributed by atoms with Crippen LogP contribution in [0.2, 0.25) is 0 Å². The average Bonchev–Trinajstić information content (AvgIpc) is 2.76. The highest BCUT2D eigenvalue weighted by molar-refractivity contribution is 5.79. The Morgan fingerprint density at radius 2 is 1.95 bits per heavy atom. The maximum absolute atomic E-state index is 13.1. The van der Waals surface area contributed by atoms with Gasteiger partial charge in [0.25, 0.3) is 0 Å². The Balaban J connectivity index is 1.60. The fraction of sp³-hybridized carbons (Fsp3) is 0.923. The van der Waals surface area contributed by atoms with Gasteiger partial charge >= 0.3 is 6.18 Å². The Hall–Kier alpha value is -0.780. The monoisotopic (exact) mass is 276 g/mol. The van der Waals surface area contributed by atoms with E-state index < -0.39 is 17.0 Å². The summed E-state index contributed by atoms with van der Waals surface area (Å²) in [4.78, 5) is 11.9. The normalized spacial score (nSPS) is 38.3. The highest BCUT2D eigenvalue weighted by Gasteiger charge is 2.81. The molecule has 0 spiro atoms. The molecule has 0 aromatic rings. The van der Waals surface area contributed by atoms with Crippen LogP contribution in [-0.4, -0.2) is 31.7 Å². The Kier molecular flexibility index (Phi) is 2.86. The molecule has 3 fully saturated rings. The molecule has 1 amide bonds. The molecule has 1 heterocycles. The lowest BCUT2D eigenvalue weighted by atomic mass is 9.95. The molecule has 3 nitrogen and oxygen atoms in total. The molecule has 0 radical (unpaired) electrons. The molecule has 0 unspecified atom stereocenters. The third-order valence-electron chi connectivity index (χ3n) is 5.29. The fourth-order valence-electron chi connectivity index (χ4n) is 3.91. The van der Waals surface area contributed by atoms with Crippen molar-refractivity contribution in [3.63, 3.8) is 0 Å². The minimum atomic E-state index is -4.17. The topological polar surface area (TPSA) is 41.1 Å². The van der Waals surface area contributed by atoms with Gasteiger partial charge in [0, 0.05) is 31.0 Å². The minimum absolute atomic E-state index is 0.00417. The standard InChI is InChI=1S/C13H19F3N2O/c14-13(15,16)12-5-11(12,6-17-8-12)7-18-10(19)9-3-1-2-4-9/h9,17H,1-8H2,(H,18,19)/t11-,12-/m0/s1. The molecule has 2 saturated carbocycles. The number of fused-ring (bicyclic) bond motifs is 1. The molecular weight excluding hydrogens is 257 g/mol. The third kappa shape index (κ3) is 1.87. The quantitative estimate of drug-likeness (QED) is 0.826. The molecule has 108 valence electrons. The van der Waals surface area contributed by atoms with Crippen LogP contribution in [0.3, 0.4) is 0 Å². The Morgan fingerprint density at radius 3 is 2.53 bits per heavy atom. The molecule has 0 bridgehead atoms. The Bertz CT molecular complexity index is 392. The van der Waals surface area contributed by atoms with Crippen LogP contribution in [-0.2, 0) is 4.79 Å². The van der Waals surface area contributed by atoms with Crippen LogP contribution in [0.25, 0.3) is 0 Å². The molecule has 3 aliphatic rings. The number of alkyl halides is 3. The van der Waals surface area contributed by atoms with Gasteiger partial charge in [-0.15, -0.1) is 0 Å². The number of amides is 1. The summed E-state index contributed by atoms with van der Waals surface area (Å²) in [7, 11) is 0. The maximum Gasteiger partial charge on any atom is 0.396 e. The first-order valence-corrected chi connectivity index (χ1v) is 6.95. The molecule has 1 aliphatic heterocycles. The van der Waals surface area contributed by atoms with E-state index in [0.717, 1.165) is 25.7 Å². The molecule has 2 N–H and O–H groups in total. The molecule has 2 aliphatic carbocycles. The number of carbonyl (C=O) groups excluding carboxylic acids is 1. The van der Waals surface area contributed by atoms with Crippen molar-refractivity contribution < 1.29 is 18.0 Å². The second-order valence-corrected chi connectivity index (χ2v) is 6.34. The lowest BCUT2D eigenvalue weighted by Crippen LogP contribution is -2.39. The van der Waals surface area contributed by atoms with Crippen molar-refractivity contribution in [2.45, 2.75) is 38.3 Å². The van der Waals surface area contributed by atoms with Crippen LogP contribution >= 0.6 is 0 Å². The van der Waals surface area contributed by atoms with Crippen LogP contribution < -0.4 is 10.6 Å². The fourth-order valence-corrected chi connectivity index (χ4v) is 3.91. The van der Waals surface area contributed by atoms with Gasteiger partial charge in [-0.25, -0.2) is 0 Å². The Labute approximate surface area is 110 Å². The van der Waals surface area contributed by atoms with Crippen LogP contribution in [0.1, 0.15) is 32.1 Å². The number of piperidine rings is 1. The SMILES string of the molecule is O=C(NC[C@]12CNC[C@@]1(C(F)(F)F)C2)C1CCCC1. The first kappa shape index (κ1) is 13.2. The summed E-state index contributed by atoms with van der Waals surface area (Å²) in [5, 5.41) is 5.60. The lowest BCUT2D eigenvalue weighted by Gasteiger charge is -2.21. The number of carbonyl (C=O) groups is 1. The highest BCUT2D eigenvalue weighted by atomic mass is 19.4. The van der Waals surface area contributed by atoms with Gasteiger partial charge in [-0.2, -0.15) is 13.2 Å². The number of nitrogens with one attached hydrogen (secondary N) is 2. The van der Waals surface area contributed by atoms with Crippen molar-refractivity contribution in [3.8, 4) is 0 Å². The van der Waals surface area contributed by atoms with Crippen molar-refractivity contribution in [3.05, 3.63) is 0 Å². The van der Waals surface area contributed by atoms with Gasteiger partial charge in [0.2, 0.25) is 5.91 Å². The number of rotatable bonds is 3. The van der Waals surface area contributed by atoms with E-state index in [-0.39, 0.29) is 31.3 Å². The van der Waals surface area contributed by atoms with E-state index in [1.807, 2.05) is 0 Å². The third-order valence-corrected chi connectivity index (χ3v) is 5.29. The van der Waals surface area contributed by atoms with Gasteiger partial charge in [-0.05, 0) is 19.3 Å². The highest BCUT2D eigenvalue weighted by Crippen LogP contribution is 2.72. The van der Waals surface area contributed by atoms with E-state index in [9.17, 15) is 18.0 Å². The predicted molar refractivity (Wildman–Crippen MR) is 63.4 cm³/mol. The summed E-state index contributed by atoms with van der Waals surface area (Å²) >= 11 is 0. The zero-order chi connectivity index (χ0) is 13.7. The van der Waals surface area contributed by atoms with E-state index >= 15 is 0 Å². The largest absolute Gasteiger partial charge is 0.396 e. The Morgan fingerprint density at radius 1 is 1.26 bits per heavy atom. The zero-order valence-corrected chi connectivity index (χ0v) is 10.8. The average molecular weight is 276 g/mol. The van der Waals surface area contributed by atoms with E-state index in [4.69, 9.17) is 0 Å². The summed E-state index contributed by atoms with van der Waals surface area (Å²) in [5.74, 6) is -0.0356. The molecular formula is C13H19F3N2O. The molecule has 0 aromatic carbocycles. The van der Waals surface area contributed by atoms with Gasteiger partial charge in [-0.1, -0.05) is 12.8 Å². The first-order valence-electron chi connectivity index (χ1n) is 6.95. The first-order chi connectivity index (χ1) is 8.90.